The molecule has 0 aliphatic carbocycles. The molecule has 1 saturated heterocycles. The van der Waals surface area contributed by atoms with Crippen LogP contribution in [0.4, 0.5) is 0 Å². The van der Waals surface area contributed by atoms with E-state index >= 15 is 0 Å². The third-order valence-electron chi connectivity index (χ3n) is 4.69. The summed E-state index contributed by atoms with van der Waals surface area (Å²) >= 11 is 0. The number of likely N-dealkylation sites (tertiary alicyclic amines) is 1. The normalized spacial score (nSPS) is 17.1. The average molecular weight is 376 g/mol. The highest BCUT2D eigenvalue weighted by atomic mass is 16.5. The van der Waals surface area contributed by atoms with Crippen molar-refractivity contribution in [3.05, 3.63) is 23.8 Å². The van der Waals surface area contributed by atoms with Crippen LogP contribution < -0.4 is 14.8 Å². The number of rotatable bonds is 8. The fourth-order valence-corrected chi connectivity index (χ4v) is 3.31. The lowest BCUT2D eigenvalue weighted by Gasteiger charge is -2.19. The van der Waals surface area contributed by atoms with Gasteiger partial charge in [-0.1, -0.05) is 26.8 Å². The molecule has 1 fully saturated rings. The first-order valence-electron chi connectivity index (χ1n) is 9.47. The smallest absolute Gasteiger partial charge is 0.223 e. The first-order chi connectivity index (χ1) is 12.7. The minimum Gasteiger partial charge on any atom is -0.493 e. The Morgan fingerprint density at radius 3 is 2.56 bits per heavy atom. The molecule has 1 aromatic rings. The molecule has 6 heteroatoms. The van der Waals surface area contributed by atoms with Gasteiger partial charge in [0.2, 0.25) is 11.8 Å². The molecular weight excluding hydrogens is 344 g/mol. The number of hydrogen-bond donors (Lipinski definition) is 1. The molecule has 1 atom stereocenters. The highest BCUT2D eigenvalue weighted by molar-refractivity contribution is 5.79. The van der Waals surface area contributed by atoms with Crippen molar-refractivity contribution in [1.82, 2.24) is 10.2 Å². The molecule has 1 aromatic carbocycles. The van der Waals surface area contributed by atoms with Gasteiger partial charge in [-0.05, 0) is 29.5 Å². The summed E-state index contributed by atoms with van der Waals surface area (Å²) in [6.45, 7) is 8.06. The van der Waals surface area contributed by atoms with Gasteiger partial charge in [-0.25, -0.2) is 0 Å². The predicted octanol–water partition coefficient (Wildman–Crippen LogP) is 2.65. The Balaban J connectivity index is 1.81. The second-order valence-electron chi connectivity index (χ2n) is 8.39. The second kappa shape index (κ2) is 9.11. The van der Waals surface area contributed by atoms with E-state index in [1.54, 1.807) is 14.2 Å². The largest absolute Gasteiger partial charge is 0.493 e. The molecule has 1 aliphatic rings. The number of ether oxygens (including phenoxy) is 2. The zero-order valence-corrected chi connectivity index (χ0v) is 17.1. The van der Waals surface area contributed by atoms with Crippen LogP contribution in [0.5, 0.6) is 11.5 Å². The molecule has 27 heavy (non-hydrogen) atoms. The van der Waals surface area contributed by atoms with Crippen LogP contribution in [-0.4, -0.2) is 50.6 Å². The molecule has 0 aromatic heterocycles. The molecule has 6 nitrogen and oxygen atoms in total. The van der Waals surface area contributed by atoms with Gasteiger partial charge in [-0.15, -0.1) is 0 Å². The quantitative estimate of drug-likeness (QED) is 0.757. The highest BCUT2D eigenvalue weighted by Crippen LogP contribution is 2.28. The molecular formula is C21H32N2O4. The molecule has 150 valence electrons. The molecule has 1 heterocycles. The van der Waals surface area contributed by atoms with Crippen molar-refractivity contribution in [3.63, 3.8) is 0 Å². The average Bonchev–Trinajstić information content (AvgIpc) is 2.96. The third-order valence-corrected chi connectivity index (χ3v) is 4.69. The SMILES string of the molecule is COc1ccc(CCN2CC(CNC(=O)CC(C)(C)C)CC2=O)cc1OC. The number of nitrogens with zero attached hydrogens (tertiary/aromatic N) is 1. The maximum absolute atomic E-state index is 12.3. The van der Waals surface area contributed by atoms with Crippen LogP contribution in [0.15, 0.2) is 18.2 Å². The Kier molecular flexibility index (Phi) is 7.11. The van der Waals surface area contributed by atoms with Crippen LogP contribution in [0, 0.1) is 11.3 Å². The summed E-state index contributed by atoms with van der Waals surface area (Å²) < 4.78 is 10.6. The number of benzene rings is 1. The summed E-state index contributed by atoms with van der Waals surface area (Å²) in [7, 11) is 3.23. The standard InChI is InChI=1S/C21H32N2O4/c1-21(2,3)12-19(24)22-13-16-11-20(25)23(14-16)9-8-15-6-7-17(26-4)18(10-15)27-5/h6-7,10,16H,8-9,11-14H2,1-5H3,(H,22,24). The van der Waals surface area contributed by atoms with Crippen molar-refractivity contribution in [2.45, 2.75) is 40.0 Å². The van der Waals surface area contributed by atoms with Gasteiger partial charge >= 0.3 is 0 Å². The Hall–Kier alpha value is -2.24. The lowest BCUT2D eigenvalue weighted by atomic mass is 9.92. The van der Waals surface area contributed by atoms with Gasteiger partial charge in [0, 0.05) is 38.4 Å². The second-order valence-corrected chi connectivity index (χ2v) is 8.39. The molecule has 0 saturated carbocycles. The lowest BCUT2D eigenvalue weighted by Crippen LogP contribution is -2.33. The van der Waals surface area contributed by atoms with Crippen molar-refractivity contribution < 1.29 is 19.1 Å². The Morgan fingerprint density at radius 1 is 1.22 bits per heavy atom. The molecule has 0 spiro atoms. The van der Waals surface area contributed by atoms with Crippen LogP contribution in [0.25, 0.3) is 0 Å². The monoisotopic (exact) mass is 376 g/mol. The molecule has 1 aliphatic heterocycles. The summed E-state index contributed by atoms with van der Waals surface area (Å²) in [5.41, 5.74) is 1.07. The number of methoxy groups -OCH3 is 2. The number of carbonyl (C=O) groups excluding carboxylic acids is 2. The zero-order valence-electron chi connectivity index (χ0n) is 17.1. The van der Waals surface area contributed by atoms with E-state index in [1.807, 2.05) is 43.9 Å². The van der Waals surface area contributed by atoms with Crippen LogP contribution in [0.3, 0.4) is 0 Å². The predicted molar refractivity (Wildman–Crippen MR) is 105 cm³/mol. The Bertz CT molecular complexity index is 667. The van der Waals surface area contributed by atoms with Gasteiger partial charge < -0.3 is 19.7 Å². The van der Waals surface area contributed by atoms with Crippen molar-refractivity contribution in [2.24, 2.45) is 11.3 Å². The van der Waals surface area contributed by atoms with E-state index in [0.29, 0.717) is 44.0 Å². The van der Waals surface area contributed by atoms with E-state index in [2.05, 4.69) is 5.32 Å². The maximum atomic E-state index is 12.3. The van der Waals surface area contributed by atoms with Gasteiger partial charge in [-0.3, -0.25) is 9.59 Å². The minimum absolute atomic E-state index is 0.0268. The topological polar surface area (TPSA) is 67.9 Å². The summed E-state index contributed by atoms with van der Waals surface area (Å²) in [5, 5.41) is 2.98. The van der Waals surface area contributed by atoms with E-state index in [4.69, 9.17) is 9.47 Å². The van der Waals surface area contributed by atoms with E-state index in [1.165, 1.54) is 0 Å². The van der Waals surface area contributed by atoms with Crippen LogP contribution in [-0.2, 0) is 16.0 Å². The van der Waals surface area contributed by atoms with Gasteiger partial charge in [0.05, 0.1) is 14.2 Å². The molecule has 1 N–H and O–H groups in total. The molecule has 1 unspecified atom stereocenters. The van der Waals surface area contributed by atoms with Gasteiger partial charge in [0.25, 0.3) is 0 Å². The summed E-state index contributed by atoms with van der Waals surface area (Å²) in [5.74, 6) is 1.79. The van der Waals surface area contributed by atoms with Crippen LogP contribution in [0.1, 0.15) is 39.2 Å². The molecule has 2 rings (SSSR count). The van der Waals surface area contributed by atoms with Gasteiger partial charge in [-0.2, -0.15) is 0 Å². The van der Waals surface area contributed by atoms with Gasteiger partial charge in [0.15, 0.2) is 11.5 Å². The van der Waals surface area contributed by atoms with E-state index in [9.17, 15) is 9.59 Å². The van der Waals surface area contributed by atoms with Crippen LogP contribution >= 0.6 is 0 Å². The van der Waals surface area contributed by atoms with Crippen molar-refractivity contribution in [3.8, 4) is 11.5 Å². The Morgan fingerprint density at radius 2 is 1.93 bits per heavy atom. The number of amides is 2. The highest BCUT2D eigenvalue weighted by Gasteiger charge is 2.29. The van der Waals surface area contributed by atoms with Crippen molar-refractivity contribution in [2.75, 3.05) is 33.9 Å². The fraction of sp³-hybridized carbons (Fsp3) is 0.619. The number of nitrogens with one attached hydrogen (secondary N) is 1. The third kappa shape index (κ3) is 6.45. The molecule has 2 amide bonds. The summed E-state index contributed by atoms with van der Waals surface area (Å²) in [4.78, 5) is 26.1. The number of hydrogen-bond acceptors (Lipinski definition) is 4. The molecule has 0 bridgehead atoms. The maximum Gasteiger partial charge on any atom is 0.223 e. The minimum atomic E-state index is -0.0268. The van der Waals surface area contributed by atoms with Crippen molar-refractivity contribution in [1.29, 1.82) is 0 Å². The first kappa shape index (κ1) is 21.1. The van der Waals surface area contributed by atoms with E-state index in [0.717, 1.165) is 12.0 Å². The molecule has 0 radical (unpaired) electrons. The lowest BCUT2D eigenvalue weighted by molar-refractivity contribution is -0.128. The zero-order chi connectivity index (χ0) is 20.0. The Labute approximate surface area is 162 Å². The van der Waals surface area contributed by atoms with E-state index in [-0.39, 0.29) is 23.1 Å². The van der Waals surface area contributed by atoms with Gasteiger partial charge in [0.1, 0.15) is 0 Å². The van der Waals surface area contributed by atoms with Crippen molar-refractivity contribution >= 4 is 11.8 Å². The summed E-state index contributed by atoms with van der Waals surface area (Å²) in [6.07, 6.45) is 1.76. The number of carbonyl (C=O) groups is 2. The first-order valence-corrected chi connectivity index (χ1v) is 9.47. The van der Waals surface area contributed by atoms with E-state index < -0.39 is 0 Å². The fourth-order valence-electron chi connectivity index (χ4n) is 3.31. The summed E-state index contributed by atoms with van der Waals surface area (Å²) in [6, 6.07) is 5.82. The van der Waals surface area contributed by atoms with Crippen LogP contribution in [0.2, 0.25) is 0 Å².